The van der Waals surface area contributed by atoms with Crippen molar-refractivity contribution in [2.75, 3.05) is 13.2 Å². The number of carbonyl (C=O) groups excluding carboxylic acids is 2. The first-order valence-electron chi connectivity index (χ1n) is 5.03. The molecule has 0 atom stereocenters. The maximum atomic E-state index is 9.97. The average Bonchev–Trinajstić information content (AvgIpc) is 2.80. The van der Waals surface area contributed by atoms with Crippen LogP contribution in [0.5, 0.6) is 0 Å². The molecular weight excluding hydrogens is 222 g/mol. The number of benzene rings is 1. The number of amides is 1. The molecule has 1 aromatic carbocycles. The van der Waals surface area contributed by atoms with Gasteiger partial charge in [-0.2, -0.15) is 0 Å². The minimum absolute atomic E-state index is 0.296. The number of ether oxygens (including phenoxy) is 1. The topological polar surface area (TPSA) is 78.5 Å². The summed E-state index contributed by atoms with van der Waals surface area (Å²) in [7, 11) is 0. The van der Waals surface area contributed by atoms with Crippen LogP contribution in [0, 0.1) is 0 Å². The van der Waals surface area contributed by atoms with Crippen LogP contribution in [0.1, 0.15) is 5.56 Å². The predicted molar refractivity (Wildman–Crippen MR) is 59.8 cm³/mol. The summed E-state index contributed by atoms with van der Waals surface area (Å²) in [6.45, 7) is 1.19. The molecule has 0 unspecified atom stereocenters. The molecule has 2 rings (SSSR count). The summed E-state index contributed by atoms with van der Waals surface area (Å²) < 4.78 is 4.40. The van der Waals surface area contributed by atoms with E-state index in [-0.39, 0.29) is 6.09 Å². The summed E-state index contributed by atoms with van der Waals surface area (Å²) in [5.41, 5.74) is 0.858. The van der Waals surface area contributed by atoms with E-state index in [2.05, 4.69) is 10.1 Å². The van der Waals surface area contributed by atoms with Crippen LogP contribution in [0.25, 0.3) is 6.08 Å². The normalized spacial score (nSPS) is 13.5. The van der Waals surface area contributed by atoms with Gasteiger partial charge in [-0.25, -0.2) is 4.79 Å². The highest BCUT2D eigenvalue weighted by atomic mass is 16.6. The van der Waals surface area contributed by atoms with Gasteiger partial charge in [0.15, 0.2) is 0 Å². The molecule has 1 heterocycles. The number of alkyl carbamates (subject to hydrolysis) is 1. The summed E-state index contributed by atoms with van der Waals surface area (Å²) in [6.07, 6.45) is 2.21. The van der Waals surface area contributed by atoms with Gasteiger partial charge in [0.2, 0.25) is 0 Å². The molecule has 0 aliphatic carbocycles. The van der Waals surface area contributed by atoms with Gasteiger partial charge in [0.25, 0.3) is 0 Å². The summed E-state index contributed by atoms with van der Waals surface area (Å²) >= 11 is 0. The second-order valence-electron chi connectivity index (χ2n) is 3.13. The van der Waals surface area contributed by atoms with Crippen LogP contribution in [0.2, 0.25) is 0 Å². The van der Waals surface area contributed by atoms with Gasteiger partial charge in [-0.1, -0.05) is 36.4 Å². The minimum atomic E-state index is -1.17. The lowest BCUT2D eigenvalue weighted by atomic mass is 10.2. The van der Waals surface area contributed by atoms with E-state index in [1.165, 1.54) is 6.08 Å². The molecule has 1 amide bonds. The van der Waals surface area contributed by atoms with Crippen molar-refractivity contribution in [3.8, 4) is 0 Å². The highest BCUT2D eigenvalue weighted by Crippen LogP contribution is 1.99. The zero-order valence-electron chi connectivity index (χ0n) is 9.09. The van der Waals surface area contributed by atoms with Crippen LogP contribution < -0.4 is 10.4 Å². The minimum Gasteiger partial charge on any atom is -0.545 e. The molecule has 0 aromatic heterocycles. The van der Waals surface area contributed by atoms with Crippen molar-refractivity contribution >= 4 is 18.1 Å². The van der Waals surface area contributed by atoms with E-state index in [1.807, 2.05) is 30.3 Å². The Labute approximate surface area is 98.7 Å². The van der Waals surface area contributed by atoms with Gasteiger partial charge in [0, 0.05) is 0 Å². The molecule has 5 heteroatoms. The van der Waals surface area contributed by atoms with E-state index in [9.17, 15) is 14.7 Å². The lowest BCUT2D eigenvalue weighted by Gasteiger charge is -1.91. The standard InChI is InChI=1S/C9H8O2.C3H5NO2/c10-9(11)7-6-8-4-2-1-3-5-8;5-3-4-1-2-6-3/h1-7H,(H,10,11);1-2H2,(H,4,5)/p-1. The fraction of sp³-hybridized carbons (Fsp3) is 0.167. The van der Waals surface area contributed by atoms with Crippen LogP contribution in [0.3, 0.4) is 0 Å². The second-order valence-corrected chi connectivity index (χ2v) is 3.13. The molecule has 0 saturated carbocycles. The number of carboxylic acids is 1. The number of rotatable bonds is 2. The van der Waals surface area contributed by atoms with E-state index in [1.54, 1.807) is 0 Å². The van der Waals surface area contributed by atoms with Crippen LogP contribution >= 0.6 is 0 Å². The zero-order valence-corrected chi connectivity index (χ0v) is 9.09. The lowest BCUT2D eigenvalue weighted by molar-refractivity contribution is -0.297. The largest absolute Gasteiger partial charge is 0.545 e. The molecule has 90 valence electrons. The number of carbonyl (C=O) groups is 2. The lowest BCUT2D eigenvalue weighted by Crippen LogP contribution is -2.18. The third-order valence-corrected chi connectivity index (χ3v) is 1.82. The number of hydrogen-bond donors (Lipinski definition) is 1. The number of cyclic esters (lactones) is 1. The Morgan fingerprint density at radius 2 is 2.06 bits per heavy atom. The Hall–Kier alpha value is -2.30. The molecule has 0 spiro atoms. The molecule has 1 N–H and O–H groups in total. The highest BCUT2D eigenvalue weighted by molar-refractivity contribution is 5.83. The average molecular weight is 234 g/mol. The molecule has 0 radical (unpaired) electrons. The molecule has 1 aromatic rings. The monoisotopic (exact) mass is 234 g/mol. The van der Waals surface area contributed by atoms with Crippen molar-refractivity contribution in [3.63, 3.8) is 0 Å². The highest BCUT2D eigenvalue weighted by Gasteiger charge is 2.06. The maximum absolute atomic E-state index is 9.97. The van der Waals surface area contributed by atoms with Crippen molar-refractivity contribution in [3.05, 3.63) is 42.0 Å². The summed E-state index contributed by atoms with van der Waals surface area (Å²) in [4.78, 5) is 19.9. The molecule has 5 nitrogen and oxygen atoms in total. The van der Waals surface area contributed by atoms with E-state index >= 15 is 0 Å². The maximum Gasteiger partial charge on any atom is 0.407 e. The third kappa shape index (κ3) is 5.99. The fourth-order valence-corrected chi connectivity index (χ4v) is 1.08. The van der Waals surface area contributed by atoms with E-state index < -0.39 is 5.97 Å². The Morgan fingerprint density at radius 3 is 2.47 bits per heavy atom. The Morgan fingerprint density at radius 1 is 1.35 bits per heavy atom. The first-order valence-corrected chi connectivity index (χ1v) is 5.03. The first kappa shape index (κ1) is 12.8. The van der Waals surface area contributed by atoms with Gasteiger partial charge in [0.05, 0.1) is 12.5 Å². The van der Waals surface area contributed by atoms with Crippen LogP contribution in [0.15, 0.2) is 36.4 Å². The van der Waals surface area contributed by atoms with Gasteiger partial charge in [0.1, 0.15) is 6.61 Å². The SMILES string of the molecule is O=C([O-])C=Cc1ccccc1.O=C1NCCO1. The van der Waals surface area contributed by atoms with Gasteiger partial charge < -0.3 is 20.0 Å². The zero-order chi connectivity index (χ0) is 12.5. The predicted octanol–water partition coefficient (Wildman–Crippen LogP) is 0.176. The summed E-state index contributed by atoms with van der Waals surface area (Å²) in [6, 6.07) is 9.19. The molecule has 1 fully saturated rings. The van der Waals surface area contributed by atoms with Crippen LogP contribution in [-0.2, 0) is 9.53 Å². The molecule has 0 bridgehead atoms. The van der Waals surface area contributed by atoms with E-state index in [4.69, 9.17) is 0 Å². The molecule has 1 aliphatic heterocycles. The van der Waals surface area contributed by atoms with E-state index in [0.717, 1.165) is 11.6 Å². The fourth-order valence-electron chi connectivity index (χ4n) is 1.08. The van der Waals surface area contributed by atoms with Gasteiger partial charge in [-0.15, -0.1) is 0 Å². The third-order valence-electron chi connectivity index (χ3n) is 1.82. The number of hydrogen-bond acceptors (Lipinski definition) is 4. The van der Waals surface area contributed by atoms with Gasteiger partial charge in [-0.3, -0.25) is 0 Å². The second kappa shape index (κ2) is 7.05. The van der Waals surface area contributed by atoms with Gasteiger partial charge in [-0.05, 0) is 11.6 Å². The molecular formula is C12H12NO4-. The quantitative estimate of drug-likeness (QED) is 0.740. The van der Waals surface area contributed by atoms with Crippen molar-refractivity contribution in [1.29, 1.82) is 0 Å². The first-order chi connectivity index (χ1) is 8.18. The Kier molecular flexibility index (Phi) is 5.30. The van der Waals surface area contributed by atoms with Crippen LogP contribution in [0.4, 0.5) is 4.79 Å². The number of carboxylic acid groups (broad SMARTS) is 1. The van der Waals surface area contributed by atoms with Crippen molar-refractivity contribution in [2.24, 2.45) is 0 Å². The van der Waals surface area contributed by atoms with Crippen molar-refractivity contribution in [1.82, 2.24) is 5.32 Å². The van der Waals surface area contributed by atoms with Gasteiger partial charge >= 0.3 is 6.09 Å². The molecule has 1 saturated heterocycles. The molecule has 1 aliphatic rings. The number of aliphatic carboxylic acids is 1. The summed E-state index contributed by atoms with van der Waals surface area (Å²) in [5.74, 6) is -1.17. The Bertz CT molecular complexity index is 392. The van der Waals surface area contributed by atoms with Crippen LogP contribution in [-0.4, -0.2) is 25.2 Å². The van der Waals surface area contributed by atoms with E-state index in [0.29, 0.717) is 13.2 Å². The molecule has 17 heavy (non-hydrogen) atoms. The van der Waals surface area contributed by atoms with Crippen molar-refractivity contribution < 1.29 is 19.4 Å². The van der Waals surface area contributed by atoms with Crippen molar-refractivity contribution in [2.45, 2.75) is 0 Å². The Balaban J connectivity index is 0.000000202. The smallest absolute Gasteiger partial charge is 0.407 e. The number of nitrogens with one attached hydrogen (secondary N) is 1. The summed E-state index contributed by atoms with van der Waals surface area (Å²) in [5, 5.41) is 12.4.